The second-order valence-electron chi connectivity index (χ2n) is 4.42. The SMILES string of the molecule is COCC(O)CCNS(=O)(=O)c1c(C)nn(C)c1C. The van der Waals surface area contributed by atoms with E-state index in [1.807, 2.05) is 0 Å². The molecule has 0 spiro atoms. The lowest BCUT2D eigenvalue weighted by Gasteiger charge is -2.10. The van der Waals surface area contributed by atoms with E-state index in [4.69, 9.17) is 4.74 Å². The summed E-state index contributed by atoms with van der Waals surface area (Å²) in [6.07, 6.45) is -0.380. The fraction of sp³-hybridized carbons (Fsp3) is 0.727. The van der Waals surface area contributed by atoms with Crippen molar-refractivity contribution >= 4 is 10.0 Å². The number of nitrogens with zero attached hydrogens (tertiary/aromatic N) is 2. The van der Waals surface area contributed by atoms with Crippen molar-refractivity contribution in [3.63, 3.8) is 0 Å². The number of sulfonamides is 1. The van der Waals surface area contributed by atoms with Crippen molar-refractivity contribution in [2.45, 2.75) is 31.3 Å². The Bertz CT molecular complexity index is 524. The van der Waals surface area contributed by atoms with Crippen LogP contribution in [0.2, 0.25) is 0 Å². The molecule has 2 N–H and O–H groups in total. The van der Waals surface area contributed by atoms with E-state index in [9.17, 15) is 13.5 Å². The average molecular weight is 291 g/mol. The van der Waals surface area contributed by atoms with E-state index < -0.39 is 16.1 Å². The molecule has 7 nitrogen and oxygen atoms in total. The Morgan fingerprint density at radius 2 is 2.11 bits per heavy atom. The second-order valence-corrected chi connectivity index (χ2v) is 6.12. The summed E-state index contributed by atoms with van der Waals surface area (Å²) in [5.74, 6) is 0. The highest BCUT2D eigenvalue weighted by atomic mass is 32.2. The molecule has 0 saturated heterocycles. The van der Waals surface area contributed by atoms with Gasteiger partial charge in [-0.05, 0) is 20.3 Å². The zero-order valence-corrected chi connectivity index (χ0v) is 12.5. The number of hydrogen-bond donors (Lipinski definition) is 2. The zero-order valence-electron chi connectivity index (χ0n) is 11.7. The van der Waals surface area contributed by atoms with Crippen LogP contribution in [0, 0.1) is 13.8 Å². The second kappa shape index (κ2) is 6.47. The fourth-order valence-corrected chi connectivity index (χ4v) is 3.33. The Balaban J connectivity index is 2.72. The minimum Gasteiger partial charge on any atom is -0.391 e. The summed E-state index contributed by atoms with van der Waals surface area (Å²) in [6.45, 7) is 3.70. The molecule has 110 valence electrons. The summed E-state index contributed by atoms with van der Waals surface area (Å²) < 4.78 is 33.1. The van der Waals surface area contributed by atoms with Crippen molar-refractivity contribution in [3.8, 4) is 0 Å². The molecule has 0 aliphatic rings. The highest BCUT2D eigenvalue weighted by Gasteiger charge is 2.23. The normalized spacial score (nSPS) is 13.7. The van der Waals surface area contributed by atoms with E-state index in [2.05, 4.69) is 9.82 Å². The Kier molecular flexibility index (Phi) is 5.48. The van der Waals surface area contributed by atoms with Gasteiger partial charge in [-0.2, -0.15) is 5.10 Å². The lowest BCUT2D eigenvalue weighted by atomic mass is 10.3. The van der Waals surface area contributed by atoms with Crippen LogP contribution in [0.5, 0.6) is 0 Å². The first kappa shape index (κ1) is 16.1. The molecule has 0 bridgehead atoms. The summed E-state index contributed by atoms with van der Waals surface area (Å²) in [5, 5.41) is 13.5. The van der Waals surface area contributed by atoms with E-state index in [0.717, 1.165) is 0 Å². The van der Waals surface area contributed by atoms with E-state index in [-0.39, 0.29) is 18.0 Å². The molecule has 0 aromatic carbocycles. The van der Waals surface area contributed by atoms with Crippen LogP contribution in [0.15, 0.2) is 4.90 Å². The van der Waals surface area contributed by atoms with Crippen LogP contribution in [0.3, 0.4) is 0 Å². The van der Waals surface area contributed by atoms with Gasteiger partial charge in [0.05, 0.1) is 24.1 Å². The number of methoxy groups -OCH3 is 1. The molecule has 1 unspecified atom stereocenters. The molecular weight excluding hydrogens is 270 g/mol. The van der Waals surface area contributed by atoms with Gasteiger partial charge in [0.2, 0.25) is 10.0 Å². The molecule has 0 saturated carbocycles. The molecular formula is C11H21N3O4S. The quantitative estimate of drug-likeness (QED) is 0.720. The van der Waals surface area contributed by atoms with Crippen molar-refractivity contribution < 1.29 is 18.3 Å². The standard InChI is InChI=1S/C11H21N3O4S/c1-8-11(9(2)14(3)13-8)19(16,17)12-6-5-10(15)7-18-4/h10,12,15H,5-7H2,1-4H3. The van der Waals surface area contributed by atoms with Crippen LogP contribution in [0.1, 0.15) is 17.8 Å². The van der Waals surface area contributed by atoms with Crippen LogP contribution in [0.4, 0.5) is 0 Å². The Labute approximate surface area is 113 Å². The maximum absolute atomic E-state index is 12.1. The van der Waals surface area contributed by atoms with Crippen LogP contribution in [-0.4, -0.2) is 49.7 Å². The average Bonchev–Trinajstić information content (AvgIpc) is 2.53. The third-order valence-electron chi connectivity index (χ3n) is 2.84. The van der Waals surface area contributed by atoms with E-state index >= 15 is 0 Å². The van der Waals surface area contributed by atoms with Gasteiger partial charge in [-0.15, -0.1) is 0 Å². The molecule has 1 aromatic rings. The van der Waals surface area contributed by atoms with Crippen LogP contribution in [0.25, 0.3) is 0 Å². The molecule has 19 heavy (non-hydrogen) atoms. The summed E-state index contributed by atoms with van der Waals surface area (Å²) in [4.78, 5) is 0.205. The van der Waals surface area contributed by atoms with Gasteiger partial charge in [0, 0.05) is 20.7 Å². The molecule has 0 amide bonds. The summed E-state index contributed by atoms with van der Waals surface area (Å²) >= 11 is 0. The maximum atomic E-state index is 12.1. The lowest BCUT2D eigenvalue weighted by Crippen LogP contribution is -2.29. The summed E-state index contributed by atoms with van der Waals surface area (Å²) in [7, 11) is -0.417. The van der Waals surface area contributed by atoms with Gasteiger partial charge >= 0.3 is 0 Å². The first-order valence-corrected chi connectivity index (χ1v) is 7.44. The van der Waals surface area contributed by atoms with E-state index in [1.54, 1.807) is 20.9 Å². The molecule has 0 aliphatic heterocycles. The van der Waals surface area contributed by atoms with Crippen molar-refractivity contribution in [1.29, 1.82) is 0 Å². The van der Waals surface area contributed by atoms with Gasteiger partial charge in [-0.3, -0.25) is 4.68 Å². The van der Waals surface area contributed by atoms with E-state index in [1.165, 1.54) is 11.8 Å². The van der Waals surface area contributed by atoms with Crippen LogP contribution in [-0.2, 0) is 21.8 Å². The molecule has 8 heteroatoms. The molecule has 1 heterocycles. The minimum absolute atomic E-state index is 0.153. The molecule has 0 radical (unpaired) electrons. The van der Waals surface area contributed by atoms with Crippen molar-refractivity contribution in [1.82, 2.24) is 14.5 Å². The molecule has 1 atom stereocenters. The topological polar surface area (TPSA) is 93.4 Å². The zero-order chi connectivity index (χ0) is 14.6. The smallest absolute Gasteiger partial charge is 0.244 e. The van der Waals surface area contributed by atoms with Gasteiger partial charge in [0.25, 0.3) is 0 Å². The van der Waals surface area contributed by atoms with Gasteiger partial charge < -0.3 is 9.84 Å². The van der Waals surface area contributed by atoms with Crippen molar-refractivity contribution in [3.05, 3.63) is 11.4 Å². The van der Waals surface area contributed by atoms with Crippen molar-refractivity contribution in [2.75, 3.05) is 20.3 Å². The Morgan fingerprint density at radius 1 is 1.47 bits per heavy atom. The van der Waals surface area contributed by atoms with Crippen LogP contribution >= 0.6 is 0 Å². The Morgan fingerprint density at radius 3 is 2.58 bits per heavy atom. The monoisotopic (exact) mass is 291 g/mol. The lowest BCUT2D eigenvalue weighted by molar-refractivity contribution is 0.0603. The molecule has 1 rings (SSSR count). The Hall–Kier alpha value is -0.960. The molecule has 0 aliphatic carbocycles. The van der Waals surface area contributed by atoms with Gasteiger partial charge in [-0.1, -0.05) is 0 Å². The van der Waals surface area contributed by atoms with Gasteiger partial charge in [0.15, 0.2) is 0 Å². The summed E-state index contributed by atoms with van der Waals surface area (Å²) in [6, 6.07) is 0. The minimum atomic E-state index is -3.60. The third kappa shape index (κ3) is 4.00. The number of nitrogens with one attached hydrogen (secondary N) is 1. The van der Waals surface area contributed by atoms with Crippen LogP contribution < -0.4 is 4.72 Å². The number of aryl methyl sites for hydroxylation is 2. The predicted octanol–water partition coefficient (Wildman–Crippen LogP) is -0.287. The summed E-state index contributed by atoms with van der Waals surface area (Å²) in [5.41, 5.74) is 1.05. The highest BCUT2D eigenvalue weighted by Crippen LogP contribution is 2.18. The van der Waals surface area contributed by atoms with Gasteiger partial charge in [-0.25, -0.2) is 13.1 Å². The highest BCUT2D eigenvalue weighted by molar-refractivity contribution is 7.89. The largest absolute Gasteiger partial charge is 0.391 e. The van der Waals surface area contributed by atoms with Crippen molar-refractivity contribution in [2.24, 2.45) is 7.05 Å². The third-order valence-corrected chi connectivity index (χ3v) is 4.55. The molecule has 0 fully saturated rings. The number of ether oxygens (including phenoxy) is 1. The maximum Gasteiger partial charge on any atom is 0.244 e. The molecule has 1 aromatic heterocycles. The first-order chi connectivity index (χ1) is 8.79. The number of aliphatic hydroxyl groups excluding tert-OH is 1. The number of rotatable bonds is 7. The number of hydrogen-bond acceptors (Lipinski definition) is 5. The van der Waals surface area contributed by atoms with E-state index in [0.29, 0.717) is 17.8 Å². The number of aromatic nitrogens is 2. The van der Waals surface area contributed by atoms with Gasteiger partial charge in [0.1, 0.15) is 4.90 Å². The first-order valence-electron chi connectivity index (χ1n) is 5.96. The fourth-order valence-electron chi connectivity index (χ4n) is 1.85. The predicted molar refractivity (Wildman–Crippen MR) is 70.4 cm³/mol. The number of aliphatic hydroxyl groups is 1.